The lowest BCUT2D eigenvalue weighted by Crippen LogP contribution is -2.01. The third-order valence-corrected chi connectivity index (χ3v) is 4.96. The summed E-state index contributed by atoms with van der Waals surface area (Å²) in [6.45, 7) is 2.25. The topological polar surface area (TPSA) is 87.2 Å². The summed E-state index contributed by atoms with van der Waals surface area (Å²) in [6.07, 6.45) is 4.84. The van der Waals surface area contributed by atoms with Gasteiger partial charge in [-0.05, 0) is 12.5 Å². The molecule has 4 heterocycles. The zero-order chi connectivity index (χ0) is 16.8. The molecule has 0 N–H and O–H groups in total. The van der Waals surface area contributed by atoms with E-state index in [1.54, 1.807) is 27.9 Å². The molecular formula is C14H11ClN6O2S. The first-order valence-corrected chi connectivity index (χ1v) is 8.16. The molecule has 0 radical (unpaired) electrons. The molecule has 0 aliphatic heterocycles. The van der Waals surface area contributed by atoms with Gasteiger partial charge >= 0.3 is 5.97 Å². The first-order valence-electron chi connectivity index (χ1n) is 6.96. The predicted octanol–water partition coefficient (Wildman–Crippen LogP) is 2.33. The largest absolute Gasteiger partial charge is 0.465 e. The third kappa shape index (κ3) is 2.33. The zero-order valence-corrected chi connectivity index (χ0v) is 14.3. The highest BCUT2D eigenvalue weighted by Crippen LogP contribution is 2.32. The Bertz CT molecular complexity index is 1080. The van der Waals surface area contributed by atoms with Gasteiger partial charge in [0.15, 0.2) is 11.5 Å². The molecule has 0 unspecified atom stereocenters. The number of aromatic nitrogens is 6. The molecule has 0 saturated heterocycles. The summed E-state index contributed by atoms with van der Waals surface area (Å²) in [7, 11) is 1.36. The Morgan fingerprint density at radius 1 is 1.46 bits per heavy atom. The molecule has 0 atom stereocenters. The number of rotatable bonds is 3. The zero-order valence-electron chi connectivity index (χ0n) is 12.7. The van der Waals surface area contributed by atoms with Gasteiger partial charge in [0.2, 0.25) is 0 Å². The van der Waals surface area contributed by atoms with Crippen LogP contribution in [0.5, 0.6) is 0 Å². The summed E-state index contributed by atoms with van der Waals surface area (Å²) < 4.78 is 8.08. The summed E-state index contributed by atoms with van der Waals surface area (Å²) in [4.78, 5) is 22.1. The van der Waals surface area contributed by atoms with Gasteiger partial charge in [0.05, 0.1) is 23.7 Å². The standard InChI is InChI=1S/C14H11ClN6O2S/c1-7-10-12-18-9(5-20-4-8(15)3-17-20)19-21(12)6-16-13(10)24-11(7)14(22)23-2/h3-4,6H,5H2,1-2H3. The Labute approximate surface area is 144 Å². The normalized spacial score (nSPS) is 11.5. The van der Waals surface area contributed by atoms with Crippen LogP contribution in [0.15, 0.2) is 18.7 Å². The maximum absolute atomic E-state index is 11.9. The number of fused-ring (bicyclic) bond motifs is 3. The number of hydrogen-bond donors (Lipinski definition) is 0. The summed E-state index contributed by atoms with van der Waals surface area (Å²) in [6, 6.07) is 0. The maximum atomic E-state index is 11.9. The van der Waals surface area contributed by atoms with E-state index in [-0.39, 0.29) is 5.97 Å². The molecule has 0 aromatic carbocycles. The Morgan fingerprint density at radius 3 is 3.00 bits per heavy atom. The molecule has 0 fully saturated rings. The molecule has 122 valence electrons. The second-order valence-electron chi connectivity index (χ2n) is 5.12. The van der Waals surface area contributed by atoms with E-state index < -0.39 is 0 Å². The number of ether oxygens (including phenoxy) is 1. The minimum absolute atomic E-state index is 0.375. The van der Waals surface area contributed by atoms with Crippen LogP contribution in [0.2, 0.25) is 5.02 Å². The van der Waals surface area contributed by atoms with E-state index in [0.717, 1.165) is 15.8 Å². The van der Waals surface area contributed by atoms with Crippen molar-refractivity contribution in [2.24, 2.45) is 0 Å². The molecule has 0 spiro atoms. The second-order valence-corrected chi connectivity index (χ2v) is 6.56. The van der Waals surface area contributed by atoms with E-state index in [9.17, 15) is 4.79 Å². The number of esters is 1. The molecule has 0 aliphatic rings. The van der Waals surface area contributed by atoms with Crippen LogP contribution in [0.4, 0.5) is 0 Å². The van der Waals surface area contributed by atoms with Crippen LogP contribution in [-0.4, -0.2) is 42.4 Å². The van der Waals surface area contributed by atoms with Crippen molar-refractivity contribution >= 4 is 44.8 Å². The van der Waals surface area contributed by atoms with E-state index in [1.807, 2.05) is 6.92 Å². The van der Waals surface area contributed by atoms with Crippen molar-refractivity contribution in [2.75, 3.05) is 7.11 Å². The summed E-state index contributed by atoms with van der Waals surface area (Å²) >= 11 is 7.15. The van der Waals surface area contributed by atoms with Crippen molar-refractivity contribution in [2.45, 2.75) is 13.5 Å². The number of carbonyl (C=O) groups excluding carboxylic acids is 1. The SMILES string of the molecule is COC(=O)c1sc2ncn3nc(Cn4cc(Cl)cn4)nc3c2c1C. The van der Waals surface area contributed by atoms with Gasteiger partial charge in [-0.25, -0.2) is 19.3 Å². The average molecular weight is 363 g/mol. The van der Waals surface area contributed by atoms with Gasteiger partial charge in [0.1, 0.15) is 22.6 Å². The molecule has 24 heavy (non-hydrogen) atoms. The molecular weight excluding hydrogens is 352 g/mol. The van der Waals surface area contributed by atoms with Crippen LogP contribution >= 0.6 is 22.9 Å². The van der Waals surface area contributed by atoms with Crippen molar-refractivity contribution in [1.82, 2.24) is 29.4 Å². The molecule has 4 aromatic rings. The van der Waals surface area contributed by atoms with Crippen molar-refractivity contribution in [3.63, 3.8) is 0 Å². The molecule has 10 heteroatoms. The molecule has 0 bridgehead atoms. The number of carbonyl (C=O) groups is 1. The fourth-order valence-corrected chi connectivity index (χ4v) is 3.72. The number of methoxy groups -OCH3 is 1. The van der Waals surface area contributed by atoms with Gasteiger partial charge in [-0.15, -0.1) is 16.4 Å². The second kappa shape index (κ2) is 5.53. The molecule has 4 aromatic heterocycles. The van der Waals surface area contributed by atoms with Crippen molar-refractivity contribution in [3.05, 3.63) is 40.0 Å². The lowest BCUT2D eigenvalue weighted by molar-refractivity contribution is 0.0605. The van der Waals surface area contributed by atoms with Gasteiger partial charge in [-0.2, -0.15) is 5.10 Å². The van der Waals surface area contributed by atoms with Gasteiger partial charge in [0, 0.05) is 6.20 Å². The Morgan fingerprint density at radius 2 is 2.29 bits per heavy atom. The highest BCUT2D eigenvalue weighted by molar-refractivity contribution is 7.20. The van der Waals surface area contributed by atoms with Gasteiger partial charge in [0.25, 0.3) is 0 Å². The van der Waals surface area contributed by atoms with Gasteiger partial charge < -0.3 is 4.74 Å². The van der Waals surface area contributed by atoms with E-state index in [1.165, 1.54) is 18.4 Å². The minimum Gasteiger partial charge on any atom is -0.465 e. The van der Waals surface area contributed by atoms with Crippen molar-refractivity contribution in [1.29, 1.82) is 0 Å². The van der Waals surface area contributed by atoms with Crippen LogP contribution in [0, 0.1) is 6.92 Å². The predicted molar refractivity (Wildman–Crippen MR) is 88.6 cm³/mol. The molecule has 0 amide bonds. The van der Waals surface area contributed by atoms with Crippen LogP contribution in [0.3, 0.4) is 0 Å². The van der Waals surface area contributed by atoms with Crippen LogP contribution in [0.25, 0.3) is 15.9 Å². The first kappa shape index (κ1) is 15.0. The minimum atomic E-state index is -0.375. The number of thiophene rings is 1. The van der Waals surface area contributed by atoms with Gasteiger partial charge in [-0.1, -0.05) is 11.6 Å². The van der Waals surface area contributed by atoms with Crippen molar-refractivity contribution in [3.8, 4) is 0 Å². The monoisotopic (exact) mass is 362 g/mol. The summed E-state index contributed by atoms with van der Waals surface area (Å²) in [5.41, 5.74) is 1.44. The number of aryl methyl sites for hydroxylation is 1. The Kier molecular flexibility index (Phi) is 3.47. The Balaban J connectivity index is 1.85. The summed E-state index contributed by atoms with van der Waals surface area (Å²) in [5, 5.41) is 9.89. The summed E-state index contributed by atoms with van der Waals surface area (Å²) in [5.74, 6) is 0.203. The highest BCUT2D eigenvalue weighted by atomic mass is 35.5. The fraction of sp³-hybridized carbons (Fsp3) is 0.214. The van der Waals surface area contributed by atoms with E-state index in [4.69, 9.17) is 16.3 Å². The lowest BCUT2D eigenvalue weighted by atomic mass is 10.2. The average Bonchev–Trinajstić information content (AvgIpc) is 3.24. The first-order chi connectivity index (χ1) is 11.6. The molecule has 0 aliphatic carbocycles. The fourth-order valence-electron chi connectivity index (χ4n) is 2.50. The third-order valence-electron chi connectivity index (χ3n) is 3.59. The molecule has 4 rings (SSSR count). The highest BCUT2D eigenvalue weighted by Gasteiger charge is 2.20. The van der Waals surface area contributed by atoms with Crippen LogP contribution in [0.1, 0.15) is 21.1 Å². The van der Waals surface area contributed by atoms with E-state index in [2.05, 4.69) is 20.2 Å². The van der Waals surface area contributed by atoms with Crippen molar-refractivity contribution < 1.29 is 9.53 Å². The van der Waals surface area contributed by atoms with E-state index in [0.29, 0.717) is 27.9 Å². The van der Waals surface area contributed by atoms with Gasteiger partial charge in [-0.3, -0.25) is 4.68 Å². The van der Waals surface area contributed by atoms with Crippen LogP contribution < -0.4 is 0 Å². The smallest absolute Gasteiger partial charge is 0.348 e. The lowest BCUT2D eigenvalue weighted by Gasteiger charge is -1.96. The molecule has 0 saturated carbocycles. The number of hydrogen-bond acceptors (Lipinski definition) is 7. The van der Waals surface area contributed by atoms with E-state index >= 15 is 0 Å². The number of halogens is 1. The Hall–Kier alpha value is -2.52. The number of nitrogens with zero attached hydrogens (tertiary/aromatic N) is 6. The molecule has 8 nitrogen and oxygen atoms in total. The quantitative estimate of drug-likeness (QED) is 0.520. The van der Waals surface area contributed by atoms with Crippen LogP contribution in [-0.2, 0) is 11.3 Å². The maximum Gasteiger partial charge on any atom is 0.348 e.